The standard InChI is InChI=1S/C26H27F3O2/c1-3-24(2,26(27,28)29)23(30)31-25(13-7-4-8-14-25)22-12-11-20-15-18-9-5-6-10-19(18)16-21(20)17-22/h5-6,9-12,15-17H,3-4,7-8,13-14H2,1-2H3. The summed E-state index contributed by atoms with van der Waals surface area (Å²) in [5.74, 6) is -1.18. The molecule has 2 nitrogen and oxygen atoms in total. The highest BCUT2D eigenvalue weighted by Crippen LogP contribution is 2.47. The number of rotatable bonds is 4. The maximum absolute atomic E-state index is 13.7. The fraction of sp³-hybridized carbons (Fsp3) is 0.423. The van der Waals surface area contributed by atoms with E-state index in [-0.39, 0.29) is 6.42 Å². The molecule has 164 valence electrons. The minimum absolute atomic E-state index is 0.352. The molecule has 1 atom stereocenters. The minimum atomic E-state index is -4.66. The van der Waals surface area contributed by atoms with Crippen LogP contribution in [0.4, 0.5) is 13.2 Å². The number of hydrogen-bond acceptors (Lipinski definition) is 2. The second kappa shape index (κ2) is 7.85. The predicted molar refractivity (Wildman–Crippen MR) is 117 cm³/mol. The topological polar surface area (TPSA) is 26.3 Å². The van der Waals surface area contributed by atoms with Gasteiger partial charge in [0, 0.05) is 0 Å². The van der Waals surface area contributed by atoms with Gasteiger partial charge in [-0.2, -0.15) is 13.2 Å². The first-order valence-corrected chi connectivity index (χ1v) is 10.9. The lowest BCUT2D eigenvalue weighted by Crippen LogP contribution is -2.47. The van der Waals surface area contributed by atoms with Crippen molar-refractivity contribution in [2.24, 2.45) is 5.41 Å². The van der Waals surface area contributed by atoms with Crippen molar-refractivity contribution < 1.29 is 22.7 Å². The summed E-state index contributed by atoms with van der Waals surface area (Å²) in [5.41, 5.74) is -2.74. The Labute approximate surface area is 180 Å². The van der Waals surface area contributed by atoms with Gasteiger partial charge in [-0.05, 0) is 84.3 Å². The normalized spacial score (nSPS) is 18.6. The lowest BCUT2D eigenvalue weighted by Gasteiger charge is -2.40. The number of carbonyl (C=O) groups is 1. The van der Waals surface area contributed by atoms with E-state index < -0.39 is 23.2 Å². The maximum Gasteiger partial charge on any atom is 0.404 e. The van der Waals surface area contributed by atoms with Crippen LogP contribution in [0.25, 0.3) is 21.5 Å². The Morgan fingerprint density at radius 2 is 1.48 bits per heavy atom. The van der Waals surface area contributed by atoms with Crippen LogP contribution in [0.15, 0.2) is 54.6 Å². The van der Waals surface area contributed by atoms with Crippen molar-refractivity contribution in [3.63, 3.8) is 0 Å². The average Bonchev–Trinajstić information content (AvgIpc) is 2.76. The highest BCUT2D eigenvalue weighted by atomic mass is 19.4. The number of benzene rings is 3. The van der Waals surface area contributed by atoms with Gasteiger partial charge in [0.25, 0.3) is 0 Å². The zero-order chi connectivity index (χ0) is 22.3. The Hall–Kier alpha value is -2.56. The summed E-state index contributed by atoms with van der Waals surface area (Å²) in [6.45, 7) is 2.32. The van der Waals surface area contributed by atoms with Crippen LogP contribution in [0, 0.1) is 5.41 Å². The molecule has 1 fully saturated rings. The van der Waals surface area contributed by atoms with E-state index >= 15 is 0 Å². The zero-order valence-electron chi connectivity index (χ0n) is 17.9. The van der Waals surface area contributed by atoms with Crippen LogP contribution in [-0.4, -0.2) is 12.1 Å². The Bertz CT molecular complexity index is 1110. The largest absolute Gasteiger partial charge is 0.454 e. The van der Waals surface area contributed by atoms with Gasteiger partial charge >= 0.3 is 12.1 Å². The van der Waals surface area contributed by atoms with Gasteiger partial charge in [-0.1, -0.05) is 49.7 Å². The van der Waals surface area contributed by atoms with Gasteiger partial charge in [0.05, 0.1) is 0 Å². The van der Waals surface area contributed by atoms with Crippen molar-refractivity contribution in [2.45, 2.75) is 64.1 Å². The molecule has 0 heterocycles. The maximum atomic E-state index is 13.7. The number of alkyl halides is 3. The summed E-state index contributed by atoms with van der Waals surface area (Å²) in [6, 6.07) is 18.1. The molecule has 0 amide bonds. The van der Waals surface area contributed by atoms with E-state index in [1.807, 2.05) is 36.4 Å². The Kier molecular flexibility index (Phi) is 5.48. The van der Waals surface area contributed by atoms with E-state index in [9.17, 15) is 18.0 Å². The fourth-order valence-corrected chi connectivity index (χ4v) is 4.55. The van der Waals surface area contributed by atoms with Crippen LogP contribution in [0.5, 0.6) is 0 Å². The van der Waals surface area contributed by atoms with E-state index in [0.29, 0.717) is 12.8 Å². The SMILES string of the molecule is CCC(C)(C(=O)OC1(c2ccc3cc4ccccc4cc3c2)CCCCC1)C(F)(F)F. The van der Waals surface area contributed by atoms with Crippen molar-refractivity contribution in [1.29, 1.82) is 0 Å². The van der Waals surface area contributed by atoms with E-state index in [2.05, 4.69) is 18.2 Å². The molecular weight excluding hydrogens is 401 g/mol. The Balaban J connectivity index is 1.77. The first-order valence-electron chi connectivity index (χ1n) is 10.9. The molecule has 0 aromatic heterocycles. The molecule has 0 spiro atoms. The first-order chi connectivity index (χ1) is 14.7. The van der Waals surface area contributed by atoms with Crippen LogP contribution in [0.3, 0.4) is 0 Å². The first kappa shape index (κ1) is 21.7. The zero-order valence-corrected chi connectivity index (χ0v) is 17.9. The fourth-order valence-electron chi connectivity index (χ4n) is 4.55. The molecule has 0 radical (unpaired) electrons. The summed E-state index contributed by atoms with van der Waals surface area (Å²) in [4.78, 5) is 12.9. The molecule has 1 aliphatic rings. The van der Waals surface area contributed by atoms with Crippen molar-refractivity contribution in [3.05, 3.63) is 60.2 Å². The van der Waals surface area contributed by atoms with Gasteiger partial charge in [0.1, 0.15) is 5.60 Å². The third kappa shape index (κ3) is 3.79. The molecule has 1 aliphatic carbocycles. The van der Waals surface area contributed by atoms with E-state index in [1.54, 1.807) is 0 Å². The smallest absolute Gasteiger partial charge is 0.404 e. The number of halogens is 3. The minimum Gasteiger partial charge on any atom is -0.454 e. The predicted octanol–water partition coefficient (Wildman–Crippen LogP) is 7.67. The van der Waals surface area contributed by atoms with Crippen molar-refractivity contribution >= 4 is 27.5 Å². The van der Waals surface area contributed by atoms with Gasteiger partial charge in [-0.25, -0.2) is 0 Å². The summed E-state index contributed by atoms with van der Waals surface area (Å²) in [5, 5.41) is 4.27. The number of esters is 1. The van der Waals surface area contributed by atoms with Gasteiger partial charge in [0.15, 0.2) is 5.41 Å². The Morgan fingerprint density at radius 1 is 0.903 bits per heavy atom. The second-order valence-electron chi connectivity index (χ2n) is 8.89. The van der Waals surface area contributed by atoms with Gasteiger partial charge in [0.2, 0.25) is 0 Å². The third-order valence-corrected chi connectivity index (χ3v) is 6.96. The van der Waals surface area contributed by atoms with E-state index in [1.165, 1.54) is 6.92 Å². The summed E-state index contributed by atoms with van der Waals surface area (Å²) in [7, 11) is 0. The van der Waals surface area contributed by atoms with E-state index in [4.69, 9.17) is 4.74 Å². The van der Waals surface area contributed by atoms with Gasteiger partial charge in [-0.3, -0.25) is 4.79 Å². The highest BCUT2D eigenvalue weighted by molar-refractivity contribution is 5.98. The molecule has 0 N–H and O–H groups in total. The summed E-state index contributed by atoms with van der Waals surface area (Å²) >= 11 is 0. The molecule has 4 rings (SSSR count). The highest BCUT2D eigenvalue weighted by Gasteiger charge is 2.58. The third-order valence-electron chi connectivity index (χ3n) is 6.96. The molecule has 5 heteroatoms. The second-order valence-corrected chi connectivity index (χ2v) is 8.89. The molecule has 3 aromatic carbocycles. The van der Waals surface area contributed by atoms with E-state index in [0.717, 1.165) is 53.3 Å². The van der Waals surface area contributed by atoms with Gasteiger partial charge < -0.3 is 4.74 Å². The molecule has 3 aromatic rings. The Morgan fingerprint density at radius 3 is 2.06 bits per heavy atom. The molecular formula is C26H27F3O2. The molecule has 0 saturated heterocycles. The van der Waals surface area contributed by atoms with Crippen LogP contribution in [0.1, 0.15) is 57.9 Å². The number of hydrogen-bond donors (Lipinski definition) is 0. The summed E-state index contributed by atoms with van der Waals surface area (Å²) in [6.07, 6.45) is -1.31. The van der Waals surface area contributed by atoms with Crippen LogP contribution in [-0.2, 0) is 15.1 Å². The number of carbonyl (C=O) groups excluding carboxylic acids is 1. The van der Waals surface area contributed by atoms with Crippen LogP contribution in [0.2, 0.25) is 0 Å². The average molecular weight is 428 g/mol. The summed E-state index contributed by atoms with van der Waals surface area (Å²) < 4.78 is 46.9. The molecule has 1 unspecified atom stereocenters. The van der Waals surface area contributed by atoms with Crippen molar-refractivity contribution in [1.82, 2.24) is 0 Å². The quantitative estimate of drug-likeness (QED) is 0.315. The van der Waals surface area contributed by atoms with Crippen LogP contribution >= 0.6 is 0 Å². The molecule has 0 bridgehead atoms. The lowest BCUT2D eigenvalue weighted by atomic mass is 9.78. The number of ether oxygens (including phenoxy) is 1. The van der Waals surface area contributed by atoms with Gasteiger partial charge in [-0.15, -0.1) is 0 Å². The van der Waals surface area contributed by atoms with Crippen molar-refractivity contribution in [2.75, 3.05) is 0 Å². The molecule has 31 heavy (non-hydrogen) atoms. The lowest BCUT2D eigenvalue weighted by molar-refractivity contribution is -0.240. The number of fused-ring (bicyclic) bond motifs is 2. The van der Waals surface area contributed by atoms with Crippen molar-refractivity contribution in [3.8, 4) is 0 Å². The van der Waals surface area contributed by atoms with Crippen LogP contribution < -0.4 is 0 Å². The monoisotopic (exact) mass is 428 g/mol. The molecule has 0 aliphatic heterocycles. The molecule has 1 saturated carbocycles.